The maximum absolute atomic E-state index is 12.9. The van der Waals surface area contributed by atoms with Crippen LogP contribution in [0.3, 0.4) is 0 Å². The molecular weight excluding hydrogens is 723 g/mol. The Morgan fingerprint density at radius 3 is 1.50 bits per heavy atom. The van der Waals surface area contributed by atoms with Gasteiger partial charge in [0.15, 0.2) is 5.79 Å². The van der Waals surface area contributed by atoms with Gasteiger partial charge in [-0.05, 0) is 77.3 Å². The van der Waals surface area contributed by atoms with Gasteiger partial charge in [-0.3, -0.25) is 9.59 Å². The fourth-order valence-electron chi connectivity index (χ4n) is 8.53. The molecule has 0 bridgehead atoms. The van der Waals surface area contributed by atoms with Crippen LogP contribution in [0.25, 0.3) is 0 Å². The van der Waals surface area contributed by atoms with Gasteiger partial charge in [-0.1, -0.05) is 176 Å². The minimum Gasteiger partial charge on any atom is -0.466 e. The van der Waals surface area contributed by atoms with Crippen molar-refractivity contribution in [2.75, 3.05) is 32.8 Å². The van der Waals surface area contributed by atoms with Gasteiger partial charge < -0.3 is 23.8 Å². The Balaban J connectivity index is 2.40. The number of hydrogen-bond donors (Lipinski definition) is 0. The van der Waals surface area contributed by atoms with E-state index in [1.54, 1.807) is 0 Å². The second kappa shape index (κ2) is 39.9. The van der Waals surface area contributed by atoms with Gasteiger partial charge in [-0.2, -0.15) is 0 Å². The Morgan fingerprint density at radius 2 is 0.983 bits per heavy atom. The second-order valence-electron chi connectivity index (χ2n) is 17.9. The Bertz CT molecular complexity index is 895. The summed E-state index contributed by atoms with van der Waals surface area (Å²) in [4.78, 5) is 27.7. The molecule has 0 amide bonds. The fourth-order valence-corrected chi connectivity index (χ4v) is 8.53. The molecule has 58 heavy (non-hydrogen) atoms. The summed E-state index contributed by atoms with van der Waals surface area (Å²) >= 11 is 0. The molecule has 0 aromatic rings. The Morgan fingerprint density at radius 1 is 0.552 bits per heavy atom. The molecular formula is C51H99NO6. The highest BCUT2D eigenvalue weighted by atomic mass is 16.7. The summed E-state index contributed by atoms with van der Waals surface area (Å²) in [5, 5.41) is 0. The molecule has 7 nitrogen and oxygen atoms in total. The lowest BCUT2D eigenvalue weighted by molar-refractivity contribution is -0.180. The van der Waals surface area contributed by atoms with E-state index < -0.39 is 5.79 Å². The number of ether oxygens (including phenoxy) is 4. The van der Waals surface area contributed by atoms with E-state index in [9.17, 15) is 9.59 Å². The molecule has 2 atom stereocenters. The monoisotopic (exact) mass is 822 g/mol. The van der Waals surface area contributed by atoms with Gasteiger partial charge >= 0.3 is 11.9 Å². The zero-order valence-electron chi connectivity index (χ0n) is 39.5. The van der Waals surface area contributed by atoms with Gasteiger partial charge in [0.1, 0.15) is 6.10 Å². The average Bonchev–Trinajstić information content (AvgIpc) is 3.63. The first-order valence-corrected chi connectivity index (χ1v) is 25.8. The van der Waals surface area contributed by atoms with Gasteiger partial charge in [0.05, 0.1) is 19.3 Å². The van der Waals surface area contributed by atoms with Crippen LogP contribution in [0.1, 0.15) is 266 Å². The van der Waals surface area contributed by atoms with Crippen molar-refractivity contribution in [3.63, 3.8) is 0 Å². The summed E-state index contributed by atoms with van der Waals surface area (Å²) in [5.74, 6) is -0.542. The predicted octanol–water partition coefficient (Wildman–Crippen LogP) is 15.0. The minimum absolute atomic E-state index is 0.0106. The largest absolute Gasteiger partial charge is 0.466 e. The molecule has 0 aromatic heterocycles. The van der Waals surface area contributed by atoms with E-state index in [-0.39, 0.29) is 24.1 Å². The topological polar surface area (TPSA) is 74.3 Å². The van der Waals surface area contributed by atoms with Crippen molar-refractivity contribution in [3.05, 3.63) is 0 Å². The van der Waals surface area contributed by atoms with Crippen molar-refractivity contribution < 1.29 is 28.5 Å². The van der Waals surface area contributed by atoms with E-state index in [1.165, 1.54) is 122 Å². The Hall–Kier alpha value is -1.18. The number of carbonyl (C=O) groups is 2. The molecule has 1 heterocycles. The van der Waals surface area contributed by atoms with Gasteiger partial charge in [-0.15, -0.1) is 0 Å². The lowest BCUT2D eigenvalue weighted by Crippen LogP contribution is -2.32. The number of nitrogens with zero attached hydrogens (tertiary/aromatic N) is 1. The third-order valence-corrected chi connectivity index (χ3v) is 12.5. The second-order valence-corrected chi connectivity index (χ2v) is 17.9. The molecule has 344 valence electrons. The van der Waals surface area contributed by atoms with Crippen molar-refractivity contribution in [2.24, 2.45) is 0 Å². The smallest absolute Gasteiger partial charge is 0.306 e. The van der Waals surface area contributed by atoms with E-state index in [1.807, 2.05) is 0 Å². The molecule has 1 saturated heterocycles. The average molecular weight is 822 g/mol. The summed E-state index contributed by atoms with van der Waals surface area (Å²) in [6, 6.07) is 0. The van der Waals surface area contributed by atoms with Crippen LogP contribution in [-0.4, -0.2) is 67.7 Å². The van der Waals surface area contributed by atoms with Crippen LogP contribution in [0, 0.1) is 0 Å². The minimum atomic E-state index is -0.505. The number of esters is 2. The molecule has 0 N–H and O–H groups in total. The Kier molecular flexibility index (Phi) is 37.7. The summed E-state index contributed by atoms with van der Waals surface area (Å²) in [7, 11) is 0. The van der Waals surface area contributed by atoms with Crippen molar-refractivity contribution in [1.82, 2.24) is 4.90 Å². The maximum Gasteiger partial charge on any atom is 0.306 e. The molecule has 1 aliphatic heterocycles. The van der Waals surface area contributed by atoms with E-state index in [2.05, 4.69) is 39.5 Å². The molecule has 0 spiro atoms. The first-order valence-electron chi connectivity index (χ1n) is 25.8. The van der Waals surface area contributed by atoms with Gasteiger partial charge in [0, 0.05) is 32.2 Å². The normalized spacial score (nSPS) is 16.8. The van der Waals surface area contributed by atoms with Crippen LogP contribution in [0.5, 0.6) is 0 Å². The highest BCUT2D eigenvalue weighted by Gasteiger charge is 2.40. The summed E-state index contributed by atoms with van der Waals surface area (Å²) in [5.41, 5.74) is 0. The molecule has 1 rings (SSSR count). The third kappa shape index (κ3) is 31.7. The number of hydrogen-bond acceptors (Lipinski definition) is 7. The molecule has 0 radical (unpaired) electrons. The zero-order valence-corrected chi connectivity index (χ0v) is 39.5. The first kappa shape index (κ1) is 54.8. The Labute approximate surface area is 361 Å². The summed E-state index contributed by atoms with van der Waals surface area (Å²) in [6.07, 6.45) is 41.1. The van der Waals surface area contributed by atoms with Crippen molar-refractivity contribution in [2.45, 2.75) is 284 Å². The van der Waals surface area contributed by atoms with Gasteiger partial charge in [-0.25, -0.2) is 0 Å². The van der Waals surface area contributed by atoms with E-state index in [4.69, 9.17) is 18.9 Å². The van der Waals surface area contributed by atoms with Crippen LogP contribution in [0.15, 0.2) is 0 Å². The van der Waals surface area contributed by atoms with Crippen LogP contribution < -0.4 is 0 Å². The zero-order chi connectivity index (χ0) is 42.2. The predicted molar refractivity (Wildman–Crippen MR) is 245 cm³/mol. The van der Waals surface area contributed by atoms with Gasteiger partial charge in [0.2, 0.25) is 0 Å². The first-order chi connectivity index (χ1) is 28.4. The molecule has 2 unspecified atom stereocenters. The van der Waals surface area contributed by atoms with Crippen molar-refractivity contribution in [3.8, 4) is 0 Å². The van der Waals surface area contributed by atoms with Crippen molar-refractivity contribution >= 4 is 11.9 Å². The maximum atomic E-state index is 12.9. The van der Waals surface area contributed by atoms with Crippen LogP contribution in [-0.2, 0) is 28.5 Å². The molecule has 0 saturated carbocycles. The SMILES string of the molecule is CCCCCCCCCCCOC(=O)CCCCCC1(CCCCCCCC(=O)OC(CCCCCCCC)CCCCCCCC)OCC(CCN(CC)CC)O1. The molecule has 7 heteroatoms. The third-order valence-electron chi connectivity index (χ3n) is 12.5. The van der Waals surface area contributed by atoms with Crippen molar-refractivity contribution in [1.29, 1.82) is 0 Å². The highest BCUT2D eigenvalue weighted by molar-refractivity contribution is 5.69. The molecule has 0 aromatic carbocycles. The highest BCUT2D eigenvalue weighted by Crippen LogP contribution is 2.35. The number of rotatable bonds is 44. The van der Waals surface area contributed by atoms with Gasteiger partial charge in [0.25, 0.3) is 0 Å². The van der Waals surface area contributed by atoms with E-state index >= 15 is 0 Å². The standard InChI is InChI=1S/C51H99NO6/c1-6-11-14-17-20-21-22-28-36-45-55-49(53)39-33-29-35-43-51(56-46-48(58-51)41-44-52(9-4)10-5)42-34-27-23-26-32-40-50(54)57-47(37-30-24-18-15-12-7-2)38-31-25-19-16-13-8-3/h47-48H,6-46H2,1-5H3. The van der Waals surface area contributed by atoms with E-state index in [0.717, 1.165) is 116 Å². The van der Waals surface area contributed by atoms with E-state index in [0.29, 0.717) is 26.1 Å². The number of carbonyl (C=O) groups excluding carboxylic acids is 2. The van der Waals surface area contributed by atoms with Crippen LogP contribution >= 0.6 is 0 Å². The molecule has 0 aliphatic carbocycles. The summed E-state index contributed by atoms with van der Waals surface area (Å²) in [6.45, 7) is 15.6. The quantitative estimate of drug-likeness (QED) is 0.0447. The molecule has 1 aliphatic rings. The number of unbranched alkanes of at least 4 members (excludes halogenated alkanes) is 24. The van der Waals surface area contributed by atoms with Crippen LogP contribution in [0.4, 0.5) is 0 Å². The lowest BCUT2D eigenvalue weighted by Gasteiger charge is -2.29. The van der Waals surface area contributed by atoms with Crippen LogP contribution in [0.2, 0.25) is 0 Å². The molecule has 1 fully saturated rings. The fraction of sp³-hybridized carbons (Fsp3) is 0.961. The lowest BCUT2D eigenvalue weighted by atomic mass is 9.99. The summed E-state index contributed by atoms with van der Waals surface area (Å²) < 4.78 is 24.9.